The SMILES string of the molecule is Cc1[c-]n(C(C)C)nn1.[Y]. The van der Waals surface area contributed by atoms with E-state index in [4.69, 9.17) is 0 Å². The first-order valence-electron chi connectivity index (χ1n) is 3.01. The van der Waals surface area contributed by atoms with Gasteiger partial charge in [0.25, 0.3) is 0 Å². The summed E-state index contributed by atoms with van der Waals surface area (Å²) in [6, 6.07) is 0.367. The van der Waals surface area contributed by atoms with Gasteiger partial charge in [-0.05, 0) is 13.8 Å². The molecule has 1 aromatic heterocycles. The van der Waals surface area contributed by atoms with Gasteiger partial charge >= 0.3 is 0 Å². The van der Waals surface area contributed by atoms with E-state index in [1.54, 1.807) is 4.68 Å². The van der Waals surface area contributed by atoms with E-state index in [9.17, 15) is 0 Å². The van der Waals surface area contributed by atoms with Crippen molar-refractivity contribution in [3.8, 4) is 0 Å². The zero-order chi connectivity index (χ0) is 6.85. The van der Waals surface area contributed by atoms with Crippen LogP contribution in [0.4, 0.5) is 0 Å². The summed E-state index contributed by atoms with van der Waals surface area (Å²) in [4.78, 5) is 0. The average molecular weight is 213 g/mol. The van der Waals surface area contributed by atoms with Crippen LogP contribution < -0.4 is 0 Å². The monoisotopic (exact) mass is 213 g/mol. The molecule has 0 bridgehead atoms. The molecule has 0 aliphatic heterocycles. The van der Waals surface area contributed by atoms with E-state index in [2.05, 4.69) is 16.5 Å². The summed E-state index contributed by atoms with van der Waals surface area (Å²) in [7, 11) is 0. The first-order valence-corrected chi connectivity index (χ1v) is 3.01. The Hall–Kier alpha value is 0.244. The Morgan fingerprint density at radius 3 is 2.30 bits per heavy atom. The fourth-order valence-electron chi connectivity index (χ4n) is 0.558. The van der Waals surface area contributed by atoms with Crippen LogP contribution >= 0.6 is 0 Å². The zero-order valence-electron chi connectivity index (χ0n) is 6.50. The Labute approximate surface area is 86.1 Å². The van der Waals surface area contributed by atoms with Gasteiger partial charge in [0, 0.05) is 38.8 Å². The first-order chi connectivity index (χ1) is 4.20. The molecule has 0 aliphatic rings. The van der Waals surface area contributed by atoms with Crippen molar-refractivity contribution in [2.45, 2.75) is 26.8 Å². The molecule has 0 unspecified atom stereocenters. The molecule has 4 heteroatoms. The molecule has 0 amide bonds. The van der Waals surface area contributed by atoms with Crippen LogP contribution in [0.2, 0.25) is 0 Å². The normalized spacial score (nSPS) is 9.60. The third-order valence-corrected chi connectivity index (χ3v) is 1.06. The molecule has 1 aromatic rings. The Morgan fingerprint density at radius 1 is 1.50 bits per heavy atom. The summed E-state index contributed by atoms with van der Waals surface area (Å²) in [6.45, 7) is 5.97. The van der Waals surface area contributed by atoms with Crippen molar-refractivity contribution in [3.05, 3.63) is 11.9 Å². The molecule has 10 heavy (non-hydrogen) atoms. The van der Waals surface area contributed by atoms with Gasteiger partial charge in [-0.1, -0.05) is 6.92 Å². The first kappa shape index (κ1) is 10.2. The van der Waals surface area contributed by atoms with Crippen molar-refractivity contribution >= 4 is 0 Å². The summed E-state index contributed by atoms with van der Waals surface area (Å²) in [6.07, 6.45) is 2.97. The van der Waals surface area contributed by atoms with Crippen LogP contribution in [0, 0.1) is 13.1 Å². The number of aromatic nitrogens is 3. The fourth-order valence-corrected chi connectivity index (χ4v) is 0.558. The van der Waals surface area contributed by atoms with Crippen molar-refractivity contribution in [1.29, 1.82) is 0 Å². The molecule has 1 radical (unpaired) electrons. The molecular formula is C6H10N3Y-. The molecule has 0 atom stereocenters. The van der Waals surface area contributed by atoms with Gasteiger partial charge in [-0.25, -0.2) is 0 Å². The largest absolute Gasteiger partial charge is 0.424 e. The van der Waals surface area contributed by atoms with Gasteiger partial charge in [-0.3, -0.25) is 0 Å². The molecule has 1 heterocycles. The minimum atomic E-state index is 0. The number of nitrogens with zero attached hydrogens (tertiary/aromatic N) is 3. The Kier molecular flexibility index (Phi) is 4.29. The molecule has 0 fully saturated rings. The molecule has 0 saturated heterocycles. The summed E-state index contributed by atoms with van der Waals surface area (Å²) in [5, 5.41) is 7.62. The molecule has 0 saturated carbocycles. The molecule has 1 rings (SSSR count). The van der Waals surface area contributed by atoms with Crippen LogP contribution in [0.5, 0.6) is 0 Å². The van der Waals surface area contributed by atoms with Crippen molar-refractivity contribution in [1.82, 2.24) is 15.0 Å². The molecule has 3 nitrogen and oxygen atoms in total. The van der Waals surface area contributed by atoms with Crippen molar-refractivity contribution in [2.75, 3.05) is 0 Å². The van der Waals surface area contributed by atoms with E-state index in [0.717, 1.165) is 5.69 Å². The van der Waals surface area contributed by atoms with Crippen molar-refractivity contribution in [3.63, 3.8) is 0 Å². The maximum absolute atomic E-state index is 3.83. The van der Waals surface area contributed by atoms with Gasteiger partial charge < -0.3 is 10.9 Å². The second-order valence-corrected chi connectivity index (χ2v) is 2.32. The Balaban J connectivity index is 0.000000810. The van der Waals surface area contributed by atoms with E-state index < -0.39 is 0 Å². The van der Waals surface area contributed by atoms with Gasteiger partial charge in [-0.2, -0.15) is 5.10 Å². The van der Waals surface area contributed by atoms with Crippen LogP contribution in [0.1, 0.15) is 25.6 Å². The summed E-state index contributed by atoms with van der Waals surface area (Å²) in [5.74, 6) is 0. The van der Waals surface area contributed by atoms with E-state index >= 15 is 0 Å². The Morgan fingerprint density at radius 2 is 2.10 bits per heavy atom. The molecule has 53 valence electrons. The van der Waals surface area contributed by atoms with E-state index in [1.165, 1.54) is 0 Å². The Bertz CT molecular complexity index is 195. The summed E-state index contributed by atoms with van der Waals surface area (Å²) in [5.41, 5.74) is 0.851. The minimum absolute atomic E-state index is 0. The fraction of sp³-hybridized carbons (Fsp3) is 0.667. The molecular weight excluding hydrogens is 203 g/mol. The van der Waals surface area contributed by atoms with E-state index in [1.807, 2.05) is 20.8 Å². The standard InChI is InChI=1S/C6H10N3.Y/c1-5(2)9-4-6(3)7-8-9;/h5H,1-3H3;/q-1;. The number of rotatable bonds is 1. The molecule has 0 aromatic carbocycles. The maximum Gasteiger partial charge on any atom is 0.0113 e. The third kappa shape index (κ3) is 2.47. The predicted molar refractivity (Wildman–Crippen MR) is 34.0 cm³/mol. The van der Waals surface area contributed by atoms with E-state index in [0.29, 0.717) is 6.04 Å². The quantitative estimate of drug-likeness (QED) is 0.650. The van der Waals surface area contributed by atoms with Crippen LogP contribution in [0.25, 0.3) is 0 Å². The van der Waals surface area contributed by atoms with Gasteiger partial charge in [0.2, 0.25) is 0 Å². The van der Waals surface area contributed by atoms with Crippen molar-refractivity contribution < 1.29 is 32.7 Å². The number of hydrogen-bond donors (Lipinski definition) is 0. The van der Waals surface area contributed by atoms with Gasteiger partial charge in [-0.15, -0.1) is 10.9 Å². The minimum Gasteiger partial charge on any atom is -0.424 e. The number of aryl methyl sites for hydroxylation is 1. The summed E-state index contributed by atoms with van der Waals surface area (Å²) >= 11 is 0. The third-order valence-electron chi connectivity index (χ3n) is 1.06. The topological polar surface area (TPSA) is 30.7 Å². The second-order valence-electron chi connectivity index (χ2n) is 2.32. The average Bonchev–Trinajstić information content (AvgIpc) is 2.14. The molecule has 0 N–H and O–H groups in total. The van der Waals surface area contributed by atoms with Gasteiger partial charge in [0.1, 0.15) is 0 Å². The van der Waals surface area contributed by atoms with Crippen LogP contribution in [-0.4, -0.2) is 15.0 Å². The van der Waals surface area contributed by atoms with Crippen molar-refractivity contribution in [2.24, 2.45) is 0 Å². The maximum atomic E-state index is 3.83. The summed E-state index contributed by atoms with van der Waals surface area (Å²) < 4.78 is 1.72. The zero-order valence-corrected chi connectivity index (χ0v) is 9.33. The molecule has 0 aliphatic carbocycles. The van der Waals surface area contributed by atoms with Gasteiger partial charge in [0.05, 0.1) is 0 Å². The molecule has 0 spiro atoms. The second kappa shape index (κ2) is 4.19. The smallest absolute Gasteiger partial charge is 0.0113 e. The van der Waals surface area contributed by atoms with Crippen LogP contribution in [0.3, 0.4) is 0 Å². The van der Waals surface area contributed by atoms with Gasteiger partial charge in [0.15, 0.2) is 0 Å². The number of hydrogen-bond acceptors (Lipinski definition) is 2. The predicted octanol–water partition coefficient (Wildman–Crippen LogP) is 0.965. The van der Waals surface area contributed by atoms with Crippen LogP contribution in [0.15, 0.2) is 0 Å². The van der Waals surface area contributed by atoms with Crippen LogP contribution in [-0.2, 0) is 32.7 Å². The van der Waals surface area contributed by atoms with E-state index in [-0.39, 0.29) is 32.7 Å².